The van der Waals surface area contributed by atoms with E-state index in [1.165, 1.54) is 7.11 Å². The molecule has 0 saturated carbocycles. The number of aryl methyl sites for hydroxylation is 1. The third kappa shape index (κ3) is 2.82. The number of nitrogens with zero attached hydrogens (tertiary/aromatic N) is 2. The summed E-state index contributed by atoms with van der Waals surface area (Å²) in [5, 5.41) is 14.0. The van der Waals surface area contributed by atoms with E-state index in [0.29, 0.717) is 5.56 Å². The van der Waals surface area contributed by atoms with Gasteiger partial charge < -0.3 is 9.84 Å². The lowest BCUT2D eigenvalue weighted by Gasteiger charge is -2.14. The first kappa shape index (κ1) is 12.7. The smallest absolute Gasteiger partial charge is 0.311 e. The van der Waals surface area contributed by atoms with Gasteiger partial charge >= 0.3 is 5.97 Å². The van der Waals surface area contributed by atoms with Crippen LogP contribution in [0.1, 0.15) is 31.9 Å². The third-order valence-corrected chi connectivity index (χ3v) is 2.49. The fourth-order valence-electron chi connectivity index (χ4n) is 1.49. The molecule has 5 nitrogen and oxygen atoms in total. The van der Waals surface area contributed by atoms with Gasteiger partial charge in [-0.05, 0) is 13.3 Å². The van der Waals surface area contributed by atoms with Gasteiger partial charge in [0.15, 0.2) is 0 Å². The first-order valence-electron chi connectivity index (χ1n) is 5.38. The maximum absolute atomic E-state index is 11.2. The summed E-state index contributed by atoms with van der Waals surface area (Å²) >= 11 is 0. The summed E-state index contributed by atoms with van der Waals surface area (Å²) in [6.45, 7) is 4.49. The van der Waals surface area contributed by atoms with Crippen molar-refractivity contribution in [3.05, 3.63) is 18.0 Å². The van der Waals surface area contributed by atoms with Crippen LogP contribution in [0.4, 0.5) is 0 Å². The summed E-state index contributed by atoms with van der Waals surface area (Å²) in [5.74, 6) is -1.000. The molecular weight excluding hydrogens is 208 g/mol. The molecule has 0 bridgehead atoms. The van der Waals surface area contributed by atoms with E-state index in [4.69, 9.17) is 0 Å². The largest absolute Gasteiger partial charge is 0.469 e. The van der Waals surface area contributed by atoms with Gasteiger partial charge in [0.1, 0.15) is 0 Å². The third-order valence-electron chi connectivity index (χ3n) is 2.49. The number of carbonyl (C=O) groups excluding carboxylic acids is 1. The quantitative estimate of drug-likeness (QED) is 0.764. The normalized spacial score (nSPS) is 14.5. The standard InChI is InChI=1S/C11H18N2O3/c1-4-5-13-7-9(6-12-13)10(14)8(2)11(15)16-3/h6-8,10,14H,4-5H2,1-3H3. The first-order valence-corrected chi connectivity index (χ1v) is 5.38. The molecule has 1 N–H and O–H groups in total. The molecule has 0 saturated heterocycles. The monoisotopic (exact) mass is 226 g/mol. The van der Waals surface area contributed by atoms with Crippen LogP contribution in [0.2, 0.25) is 0 Å². The molecule has 2 unspecified atom stereocenters. The number of ether oxygens (including phenoxy) is 1. The van der Waals surface area contributed by atoms with Crippen molar-refractivity contribution in [3.63, 3.8) is 0 Å². The molecule has 2 atom stereocenters. The van der Waals surface area contributed by atoms with Crippen molar-refractivity contribution in [2.24, 2.45) is 5.92 Å². The lowest BCUT2D eigenvalue weighted by atomic mass is 10.0. The second-order valence-corrected chi connectivity index (χ2v) is 3.79. The highest BCUT2D eigenvalue weighted by molar-refractivity contribution is 5.72. The highest BCUT2D eigenvalue weighted by Crippen LogP contribution is 2.22. The van der Waals surface area contributed by atoms with Gasteiger partial charge in [-0.15, -0.1) is 0 Å². The average Bonchev–Trinajstić information content (AvgIpc) is 2.75. The zero-order chi connectivity index (χ0) is 12.1. The lowest BCUT2D eigenvalue weighted by Crippen LogP contribution is -2.20. The van der Waals surface area contributed by atoms with Crippen LogP contribution in [-0.2, 0) is 16.1 Å². The Morgan fingerprint density at radius 2 is 2.38 bits per heavy atom. The first-order chi connectivity index (χ1) is 7.60. The van der Waals surface area contributed by atoms with Crippen LogP contribution >= 0.6 is 0 Å². The topological polar surface area (TPSA) is 64.4 Å². The van der Waals surface area contributed by atoms with Crippen molar-refractivity contribution in [1.29, 1.82) is 0 Å². The molecule has 5 heteroatoms. The van der Waals surface area contributed by atoms with Gasteiger partial charge in [-0.3, -0.25) is 9.48 Å². The van der Waals surface area contributed by atoms with Crippen molar-refractivity contribution in [2.75, 3.05) is 7.11 Å². The van der Waals surface area contributed by atoms with E-state index in [2.05, 4.69) is 16.8 Å². The minimum atomic E-state index is -0.863. The number of rotatable bonds is 5. The molecule has 16 heavy (non-hydrogen) atoms. The highest BCUT2D eigenvalue weighted by atomic mass is 16.5. The van der Waals surface area contributed by atoms with Gasteiger partial charge in [-0.1, -0.05) is 6.92 Å². The summed E-state index contributed by atoms with van der Waals surface area (Å²) in [6, 6.07) is 0. The lowest BCUT2D eigenvalue weighted by molar-refractivity contribution is -0.148. The number of hydrogen-bond donors (Lipinski definition) is 1. The number of aromatic nitrogens is 2. The Bertz CT molecular complexity index is 349. The van der Waals surface area contributed by atoms with Crippen molar-refractivity contribution >= 4 is 5.97 Å². The summed E-state index contributed by atoms with van der Waals surface area (Å²) in [5.41, 5.74) is 0.645. The van der Waals surface area contributed by atoms with Gasteiger partial charge in [0.25, 0.3) is 0 Å². The summed E-state index contributed by atoms with van der Waals surface area (Å²) in [6.07, 6.45) is 3.45. The summed E-state index contributed by atoms with van der Waals surface area (Å²) in [4.78, 5) is 11.2. The molecule has 90 valence electrons. The highest BCUT2D eigenvalue weighted by Gasteiger charge is 2.25. The fourth-order valence-corrected chi connectivity index (χ4v) is 1.49. The van der Waals surface area contributed by atoms with Crippen LogP contribution in [0.3, 0.4) is 0 Å². The predicted octanol–water partition coefficient (Wildman–Crippen LogP) is 1.14. The molecule has 1 heterocycles. The minimum Gasteiger partial charge on any atom is -0.469 e. The van der Waals surface area contributed by atoms with E-state index in [1.807, 2.05) is 0 Å². The Balaban J connectivity index is 2.71. The molecule has 0 aliphatic carbocycles. The molecule has 0 aliphatic rings. The molecule has 1 aromatic rings. The number of aliphatic hydroxyl groups is 1. The zero-order valence-electron chi connectivity index (χ0n) is 9.88. The number of carbonyl (C=O) groups is 1. The number of aliphatic hydroxyl groups excluding tert-OH is 1. The Morgan fingerprint density at radius 3 is 2.94 bits per heavy atom. The molecule has 0 amide bonds. The predicted molar refractivity (Wildman–Crippen MR) is 58.7 cm³/mol. The maximum atomic E-state index is 11.2. The second kappa shape index (κ2) is 5.65. The molecule has 0 aromatic carbocycles. The van der Waals surface area contributed by atoms with Gasteiger partial charge in [0, 0.05) is 18.3 Å². The van der Waals surface area contributed by atoms with E-state index in [9.17, 15) is 9.90 Å². The Hall–Kier alpha value is -1.36. The van der Waals surface area contributed by atoms with Crippen molar-refractivity contribution < 1.29 is 14.6 Å². The maximum Gasteiger partial charge on any atom is 0.311 e. The minimum absolute atomic E-state index is 0.421. The second-order valence-electron chi connectivity index (χ2n) is 3.79. The van der Waals surface area contributed by atoms with Gasteiger partial charge in [0.05, 0.1) is 25.3 Å². The van der Waals surface area contributed by atoms with Crippen LogP contribution in [0.5, 0.6) is 0 Å². The van der Waals surface area contributed by atoms with E-state index in [-0.39, 0.29) is 0 Å². The SMILES string of the molecule is CCCn1cc(C(O)C(C)C(=O)OC)cn1. The van der Waals surface area contributed by atoms with Crippen LogP contribution in [-0.4, -0.2) is 28.0 Å². The van der Waals surface area contributed by atoms with Crippen molar-refractivity contribution in [2.45, 2.75) is 32.9 Å². The molecule has 1 aromatic heterocycles. The van der Waals surface area contributed by atoms with Crippen molar-refractivity contribution in [3.8, 4) is 0 Å². The van der Waals surface area contributed by atoms with E-state index >= 15 is 0 Å². The molecule has 0 spiro atoms. The number of esters is 1. The van der Waals surface area contributed by atoms with Crippen LogP contribution < -0.4 is 0 Å². The molecule has 1 rings (SSSR count). The van der Waals surface area contributed by atoms with Crippen LogP contribution in [0, 0.1) is 5.92 Å². The van der Waals surface area contributed by atoms with E-state index in [1.54, 1.807) is 24.0 Å². The Labute approximate surface area is 95.0 Å². The molecule has 0 aliphatic heterocycles. The van der Waals surface area contributed by atoms with Gasteiger partial charge in [-0.25, -0.2) is 0 Å². The summed E-state index contributed by atoms with van der Waals surface area (Å²) in [7, 11) is 1.31. The van der Waals surface area contributed by atoms with Crippen LogP contribution in [0.25, 0.3) is 0 Å². The van der Waals surface area contributed by atoms with Gasteiger partial charge in [-0.2, -0.15) is 5.10 Å². The molecular formula is C11H18N2O3. The fraction of sp³-hybridized carbons (Fsp3) is 0.636. The number of methoxy groups -OCH3 is 1. The molecule has 0 radical (unpaired) electrons. The Morgan fingerprint density at radius 1 is 1.69 bits per heavy atom. The molecule has 0 fully saturated rings. The summed E-state index contributed by atoms with van der Waals surface area (Å²) < 4.78 is 6.34. The number of hydrogen-bond acceptors (Lipinski definition) is 4. The zero-order valence-corrected chi connectivity index (χ0v) is 9.88. The Kier molecular flexibility index (Phi) is 4.49. The van der Waals surface area contributed by atoms with E-state index in [0.717, 1.165) is 13.0 Å². The van der Waals surface area contributed by atoms with Gasteiger partial charge in [0.2, 0.25) is 0 Å². The van der Waals surface area contributed by atoms with Crippen molar-refractivity contribution in [1.82, 2.24) is 9.78 Å². The van der Waals surface area contributed by atoms with Crippen LogP contribution in [0.15, 0.2) is 12.4 Å². The average molecular weight is 226 g/mol. The van der Waals surface area contributed by atoms with E-state index < -0.39 is 18.0 Å².